The van der Waals surface area contributed by atoms with Crippen LogP contribution < -0.4 is 10.6 Å². The Labute approximate surface area is 123 Å². The van der Waals surface area contributed by atoms with E-state index in [1.807, 2.05) is 0 Å². The molecule has 0 aromatic rings. The maximum Gasteiger partial charge on any atom is 0.323 e. The topological polar surface area (TPSA) is 108 Å². The fourth-order valence-electron chi connectivity index (χ4n) is 1.77. The van der Waals surface area contributed by atoms with E-state index in [-0.39, 0.29) is 25.4 Å². The van der Waals surface area contributed by atoms with Crippen LogP contribution in [-0.2, 0) is 14.3 Å². The number of nitrogens with zero attached hydrogens (tertiary/aromatic N) is 1. The van der Waals surface area contributed by atoms with Crippen molar-refractivity contribution in [3.8, 4) is 0 Å². The number of urea groups is 1. The maximum atomic E-state index is 11.9. The lowest BCUT2D eigenvalue weighted by Crippen LogP contribution is -2.44. The summed E-state index contributed by atoms with van der Waals surface area (Å²) in [4.78, 5) is 35.3. The van der Waals surface area contributed by atoms with Crippen LogP contribution in [0, 0.1) is 5.92 Å². The number of hydrogen-bond donors (Lipinski definition) is 3. The molecule has 0 radical (unpaired) electrons. The molecule has 0 heterocycles. The number of rotatable bonds is 10. The van der Waals surface area contributed by atoms with Crippen molar-refractivity contribution in [1.82, 2.24) is 15.5 Å². The SMILES string of the molecule is COCCNC(=O)CCNC(=O)N(CC(=O)O)CC1CC1. The summed E-state index contributed by atoms with van der Waals surface area (Å²) in [5.74, 6) is -0.810. The van der Waals surface area contributed by atoms with Crippen molar-refractivity contribution in [1.29, 1.82) is 0 Å². The number of carbonyl (C=O) groups is 3. The first-order valence-corrected chi connectivity index (χ1v) is 7.03. The minimum atomic E-state index is -1.04. The average molecular weight is 301 g/mol. The van der Waals surface area contributed by atoms with Gasteiger partial charge in [0.1, 0.15) is 6.54 Å². The first kappa shape index (κ1) is 17.2. The quantitative estimate of drug-likeness (QED) is 0.478. The Hall–Kier alpha value is -1.83. The molecular formula is C13H23N3O5. The molecule has 1 fully saturated rings. The van der Waals surface area contributed by atoms with Gasteiger partial charge in [0.2, 0.25) is 5.91 Å². The molecule has 8 heteroatoms. The Kier molecular flexibility index (Phi) is 7.52. The zero-order valence-electron chi connectivity index (χ0n) is 12.3. The molecule has 8 nitrogen and oxygen atoms in total. The minimum absolute atomic E-state index is 0.153. The highest BCUT2D eigenvalue weighted by molar-refractivity contribution is 5.81. The lowest BCUT2D eigenvalue weighted by molar-refractivity contribution is -0.137. The number of hydrogen-bond acceptors (Lipinski definition) is 4. The standard InChI is InChI=1S/C13H23N3O5/c1-21-7-6-14-11(17)4-5-15-13(20)16(9-12(18)19)8-10-2-3-10/h10H,2-9H2,1H3,(H,14,17)(H,15,20)(H,18,19). The molecule has 0 unspecified atom stereocenters. The second-order valence-corrected chi connectivity index (χ2v) is 5.04. The lowest BCUT2D eigenvalue weighted by atomic mass is 10.3. The van der Waals surface area contributed by atoms with E-state index in [1.165, 1.54) is 4.90 Å². The fraction of sp³-hybridized carbons (Fsp3) is 0.769. The molecule has 0 saturated heterocycles. The molecule has 21 heavy (non-hydrogen) atoms. The van der Waals surface area contributed by atoms with Crippen LogP contribution in [0.4, 0.5) is 4.79 Å². The molecular weight excluding hydrogens is 278 g/mol. The number of ether oxygens (including phenoxy) is 1. The van der Waals surface area contributed by atoms with Crippen LogP contribution in [0.2, 0.25) is 0 Å². The lowest BCUT2D eigenvalue weighted by Gasteiger charge is -2.21. The van der Waals surface area contributed by atoms with Gasteiger partial charge in [-0.1, -0.05) is 0 Å². The molecule has 0 bridgehead atoms. The maximum absolute atomic E-state index is 11.9. The van der Waals surface area contributed by atoms with Crippen LogP contribution in [0.25, 0.3) is 0 Å². The summed E-state index contributed by atoms with van der Waals surface area (Å²) in [6.45, 7) is 1.18. The van der Waals surface area contributed by atoms with E-state index < -0.39 is 12.0 Å². The molecule has 1 aliphatic carbocycles. The van der Waals surface area contributed by atoms with E-state index in [0.717, 1.165) is 12.8 Å². The van der Waals surface area contributed by atoms with E-state index >= 15 is 0 Å². The van der Waals surface area contributed by atoms with Crippen LogP contribution in [-0.4, -0.2) is 67.8 Å². The minimum Gasteiger partial charge on any atom is -0.480 e. The van der Waals surface area contributed by atoms with Gasteiger partial charge in [0.15, 0.2) is 0 Å². The van der Waals surface area contributed by atoms with Crippen LogP contribution in [0.5, 0.6) is 0 Å². The number of aliphatic carboxylic acids is 1. The van der Waals surface area contributed by atoms with Crippen molar-refractivity contribution < 1.29 is 24.2 Å². The first-order chi connectivity index (χ1) is 10.0. The number of methoxy groups -OCH3 is 1. The average Bonchev–Trinajstić information content (AvgIpc) is 3.21. The van der Waals surface area contributed by atoms with Gasteiger partial charge in [0, 0.05) is 33.2 Å². The third-order valence-corrected chi connectivity index (χ3v) is 3.05. The van der Waals surface area contributed by atoms with Crippen LogP contribution in [0.1, 0.15) is 19.3 Å². The summed E-state index contributed by atoms with van der Waals surface area (Å²) in [5, 5.41) is 14.0. The molecule has 120 valence electrons. The summed E-state index contributed by atoms with van der Waals surface area (Å²) < 4.78 is 4.80. The molecule has 0 atom stereocenters. The largest absolute Gasteiger partial charge is 0.480 e. The van der Waals surface area contributed by atoms with Crippen molar-refractivity contribution in [2.75, 3.05) is 39.9 Å². The number of carbonyl (C=O) groups excluding carboxylic acids is 2. The molecule has 0 aromatic carbocycles. The molecule has 3 amide bonds. The van der Waals surface area contributed by atoms with Gasteiger partial charge in [-0.2, -0.15) is 0 Å². The van der Waals surface area contributed by atoms with Gasteiger partial charge in [-0.3, -0.25) is 9.59 Å². The van der Waals surface area contributed by atoms with Crippen molar-refractivity contribution in [3.63, 3.8) is 0 Å². The fourth-order valence-corrected chi connectivity index (χ4v) is 1.77. The molecule has 3 N–H and O–H groups in total. The Morgan fingerprint density at radius 1 is 1.24 bits per heavy atom. The molecule has 1 aliphatic rings. The van der Waals surface area contributed by atoms with Crippen molar-refractivity contribution in [2.45, 2.75) is 19.3 Å². The summed E-state index contributed by atoms with van der Waals surface area (Å²) >= 11 is 0. The van der Waals surface area contributed by atoms with Gasteiger partial charge in [-0.15, -0.1) is 0 Å². The highest BCUT2D eigenvalue weighted by atomic mass is 16.5. The Bertz CT molecular complexity index is 371. The number of carboxylic acid groups (broad SMARTS) is 1. The van der Waals surface area contributed by atoms with Crippen LogP contribution in [0.15, 0.2) is 0 Å². The predicted molar refractivity (Wildman–Crippen MR) is 74.8 cm³/mol. The predicted octanol–water partition coefficient (Wildman–Crippen LogP) is -0.355. The Balaban J connectivity index is 2.22. The normalized spacial score (nSPS) is 13.6. The number of carboxylic acids is 1. The molecule has 1 rings (SSSR count). The monoisotopic (exact) mass is 301 g/mol. The van der Waals surface area contributed by atoms with E-state index in [4.69, 9.17) is 9.84 Å². The van der Waals surface area contributed by atoms with E-state index in [1.54, 1.807) is 7.11 Å². The highest BCUT2D eigenvalue weighted by Crippen LogP contribution is 2.29. The van der Waals surface area contributed by atoms with E-state index in [2.05, 4.69) is 10.6 Å². The Morgan fingerprint density at radius 2 is 1.95 bits per heavy atom. The first-order valence-electron chi connectivity index (χ1n) is 7.03. The van der Waals surface area contributed by atoms with E-state index in [9.17, 15) is 14.4 Å². The second-order valence-electron chi connectivity index (χ2n) is 5.04. The molecule has 0 aromatic heterocycles. The number of nitrogens with one attached hydrogen (secondary N) is 2. The van der Waals surface area contributed by atoms with Gasteiger partial charge in [0.05, 0.1) is 6.61 Å². The molecule has 0 spiro atoms. The van der Waals surface area contributed by atoms with Crippen LogP contribution in [0.3, 0.4) is 0 Å². The smallest absolute Gasteiger partial charge is 0.323 e. The van der Waals surface area contributed by atoms with E-state index in [0.29, 0.717) is 25.6 Å². The zero-order chi connectivity index (χ0) is 15.7. The van der Waals surface area contributed by atoms with Crippen molar-refractivity contribution in [2.24, 2.45) is 5.92 Å². The van der Waals surface area contributed by atoms with Gasteiger partial charge < -0.3 is 25.4 Å². The molecule has 1 saturated carbocycles. The summed E-state index contributed by atoms with van der Waals surface area (Å²) in [6, 6.07) is -0.436. The summed E-state index contributed by atoms with van der Waals surface area (Å²) in [5.41, 5.74) is 0. The second kappa shape index (κ2) is 9.17. The Morgan fingerprint density at radius 3 is 2.52 bits per heavy atom. The van der Waals surface area contributed by atoms with Crippen LogP contribution >= 0.6 is 0 Å². The third-order valence-electron chi connectivity index (χ3n) is 3.05. The zero-order valence-corrected chi connectivity index (χ0v) is 12.3. The third kappa shape index (κ3) is 8.13. The molecule has 0 aliphatic heterocycles. The highest BCUT2D eigenvalue weighted by Gasteiger charge is 2.27. The summed E-state index contributed by atoms with van der Waals surface area (Å²) in [6.07, 6.45) is 2.22. The van der Waals surface area contributed by atoms with Crippen molar-refractivity contribution in [3.05, 3.63) is 0 Å². The summed E-state index contributed by atoms with van der Waals surface area (Å²) in [7, 11) is 1.54. The van der Waals surface area contributed by atoms with Gasteiger partial charge in [0.25, 0.3) is 0 Å². The van der Waals surface area contributed by atoms with Crippen molar-refractivity contribution >= 4 is 17.9 Å². The van der Waals surface area contributed by atoms with Gasteiger partial charge in [-0.25, -0.2) is 4.79 Å². The van der Waals surface area contributed by atoms with Gasteiger partial charge >= 0.3 is 12.0 Å². The number of amides is 3. The van der Waals surface area contributed by atoms with Gasteiger partial charge in [-0.05, 0) is 18.8 Å².